The molecule has 1 aromatic carbocycles. The van der Waals surface area contributed by atoms with Crippen LogP contribution in [0.15, 0.2) is 29.5 Å². The number of hydrogen-bond acceptors (Lipinski definition) is 6. The van der Waals surface area contributed by atoms with Crippen LogP contribution in [0.4, 0.5) is 5.13 Å². The summed E-state index contributed by atoms with van der Waals surface area (Å²) in [7, 11) is 0. The van der Waals surface area contributed by atoms with Gasteiger partial charge in [-0.05, 0) is 38.5 Å². The second-order valence-electron chi connectivity index (χ2n) is 5.11. The fraction of sp³-hybridized carbons (Fsp3) is 0.188. The second-order valence-corrected chi connectivity index (χ2v) is 8.16. The summed E-state index contributed by atoms with van der Waals surface area (Å²) in [6.45, 7) is 5.92. The lowest BCUT2D eigenvalue weighted by Gasteiger charge is -2.03. The van der Waals surface area contributed by atoms with Gasteiger partial charge in [-0.25, -0.2) is 9.97 Å². The van der Waals surface area contributed by atoms with Gasteiger partial charge in [-0.1, -0.05) is 40.6 Å². The van der Waals surface area contributed by atoms with Crippen molar-refractivity contribution in [3.05, 3.63) is 50.7 Å². The number of benzene rings is 1. The van der Waals surface area contributed by atoms with Gasteiger partial charge in [0.25, 0.3) is 0 Å². The summed E-state index contributed by atoms with van der Waals surface area (Å²) in [6.07, 6.45) is 1.84. The minimum absolute atomic E-state index is 0.510. The number of anilines is 1. The van der Waals surface area contributed by atoms with Crippen molar-refractivity contribution in [3.63, 3.8) is 0 Å². The average Bonchev–Trinajstić information content (AvgIpc) is 3.13. The van der Waals surface area contributed by atoms with Gasteiger partial charge >= 0.3 is 0 Å². The number of nitrogens with one attached hydrogen (secondary N) is 1. The highest BCUT2D eigenvalue weighted by molar-refractivity contribution is 7.23. The van der Waals surface area contributed by atoms with Gasteiger partial charge in [0.2, 0.25) is 5.13 Å². The molecule has 0 atom stereocenters. The quantitative estimate of drug-likeness (QED) is 0.432. The molecule has 0 aliphatic rings. The van der Waals surface area contributed by atoms with Crippen LogP contribution in [0.25, 0.3) is 9.75 Å². The number of hydrazone groups is 1. The van der Waals surface area contributed by atoms with Crippen LogP contribution < -0.4 is 5.43 Å². The Morgan fingerprint density at radius 2 is 1.96 bits per heavy atom. The Kier molecular flexibility index (Phi) is 5.20. The Bertz CT molecular complexity index is 915. The largest absolute Gasteiger partial charge is 0.252 e. The molecule has 8 heteroatoms. The van der Waals surface area contributed by atoms with Crippen LogP contribution in [0.2, 0.25) is 10.0 Å². The van der Waals surface area contributed by atoms with E-state index in [1.54, 1.807) is 34.8 Å². The van der Waals surface area contributed by atoms with Gasteiger partial charge in [0.15, 0.2) is 0 Å². The highest BCUT2D eigenvalue weighted by Crippen LogP contribution is 2.35. The highest BCUT2D eigenvalue weighted by atomic mass is 35.5. The molecule has 0 aliphatic heterocycles. The molecule has 124 valence electrons. The van der Waals surface area contributed by atoms with Gasteiger partial charge in [-0.2, -0.15) is 5.10 Å². The summed E-state index contributed by atoms with van der Waals surface area (Å²) in [5, 5.41) is 7.20. The third kappa shape index (κ3) is 3.78. The van der Waals surface area contributed by atoms with Gasteiger partial charge in [0.1, 0.15) is 0 Å². The summed E-state index contributed by atoms with van der Waals surface area (Å²) in [4.78, 5) is 11.1. The second kappa shape index (κ2) is 7.19. The zero-order valence-electron chi connectivity index (χ0n) is 13.2. The first-order valence-electron chi connectivity index (χ1n) is 7.10. The fourth-order valence-electron chi connectivity index (χ4n) is 2.11. The number of hydrogen-bond donors (Lipinski definition) is 1. The lowest BCUT2D eigenvalue weighted by Crippen LogP contribution is -1.99. The smallest absolute Gasteiger partial charge is 0.203 e. The zero-order valence-corrected chi connectivity index (χ0v) is 16.4. The molecule has 0 amide bonds. The molecule has 0 saturated heterocycles. The lowest BCUT2D eigenvalue weighted by atomic mass is 10.1. The maximum Gasteiger partial charge on any atom is 0.203 e. The molecule has 2 heterocycles. The molecular weight excluding hydrogens is 383 g/mol. The number of aromatic nitrogens is 2. The first-order chi connectivity index (χ1) is 11.4. The van der Waals surface area contributed by atoms with Crippen LogP contribution >= 0.6 is 45.9 Å². The predicted molar refractivity (Wildman–Crippen MR) is 105 cm³/mol. The van der Waals surface area contributed by atoms with E-state index in [4.69, 9.17) is 23.2 Å². The topological polar surface area (TPSA) is 50.2 Å². The van der Waals surface area contributed by atoms with Crippen molar-refractivity contribution in [1.82, 2.24) is 9.97 Å². The van der Waals surface area contributed by atoms with Crippen LogP contribution in [0.3, 0.4) is 0 Å². The number of aryl methyl sites for hydroxylation is 2. The maximum atomic E-state index is 6.04. The van der Waals surface area contributed by atoms with Crippen LogP contribution in [-0.2, 0) is 0 Å². The van der Waals surface area contributed by atoms with Gasteiger partial charge in [0.05, 0.1) is 36.2 Å². The first kappa shape index (κ1) is 17.4. The summed E-state index contributed by atoms with van der Waals surface area (Å²) in [6, 6.07) is 5.43. The number of halogens is 2. The Balaban J connectivity index is 1.77. The lowest BCUT2D eigenvalue weighted by molar-refractivity contribution is 1.20. The van der Waals surface area contributed by atoms with Crippen molar-refractivity contribution in [1.29, 1.82) is 0 Å². The van der Waals surface area contributed by atoms with E-state index in [9.17, 15) is 0 Å². The Hall–Kier alpha value is -1.47. The standard InChI is InChI=1S/C16H14Cl2N4S2/c1-8(11-4-5-12(17)13(18)6-11)21-22-16-19-7-14(24-16)15-9(2)20-10(3)23-15/h4-7H,1-3H3,(H,19,22)/b21-8+. The maximum absolute atomic E-state index is 6.04. The third-order valence-electron chi connectivity index (χ3n) is 3.29. The van der Waals surface area contributed by atoms with Crippen molar-refractivity contribution >= 4 is 56.7 Å². The molecule has 4 nitrogen and oxygen atoms in total. The van der Waals surface area contributed by atoms with Crippen LogP contribution in [0.1, 0.15) is 23.2 Å². The Labute approximate surface area is 158 Å². The minimum atomic E-state index is 0.510. The average molecular weight is 397 g/mol. The van der Waals surface area contributed by atoms with E-state index in [1.807, 2.05) is 33.0 Å². The van der Waals surface area contributed by atoms with E-state index in [2.05, 4.69) is 20.5 Å². The molecule has 3 aromatic rings. The predicted octanol–water partition coefficient (Wildman–Crippen LogP) is 6.03. The summed E-state index contributed by atoms with van der Waals surface area (Å²) in [5.74, 6) is 0. The molecule has 0 radical (unpaired) electrons. The van der Waals surface area contributed by atoms with Crippen molar-refractivity contribution in [2.45, 2.75) is 20.8 Å². The monoisotopic (exact) mass is 396 g/mol. The Morgan fingerprint density at radius 3 is 2.62 bits per heavy atom. The van der Waals surface area contributed by atoms with Crippen LogP contribution in [0.5, 0.6) is 0 Å². The molecule has 24 heavy (non-hydrogen) atoms. The molecule has 0 bridgehead atoms. The van der Waals surface area contributed by atoms with Gasteiger partial charge in [-0.3, -0.25) is 5.43 Å². The van der Waals surface area contributed by atoms with E-state index in [0.29, 0.717) is 10.0 Å². The van der Waals surface area contributed by atoms with Crippen molar-refractivity contribution in [2.24, 2.45) is 5.10 Å². The molecule has 2 aromatic heterocycles. The van der Waals surface area contributed by atoms with Crippen molar-refractivity contribution in [2.75, 3.05) is 5.43 Å². The molecule has 0 spiro atoms. The molecule has 1 N–H and O–H groups in total. The highest BCUT2D eigenvalue weighted by Gasteiger charge is 2.11. The van der Waals surface area contributed by atoms with E-state index in [0.717, 1.165) is 36.9 Å². The third-order valence-corrected chi connectivity index (χ3v) is 6.18. The van der Waals surface area contributed by atoms with Gasteiger partial charge in [0, 0.05) is 6.20 Å². The normalized spacial score (nSPS) is 11.8. The van der Waals surface area contributed by atoms with Crippen molar-refractivity contribution in [3.8, 4) is 9.75 Å². The van der Waals surface area contributed by atoms with Gasteiger partial charge < -0.3 is 0 Å². The first-order valence-corrected chi connectivity index (χ1v) is 9.49. The SMILES string of the molecule is C/C(=N\Nc1ncc(-c2sc(C)nc2C)s1)c1ccc(Cl)c(Cl)c1. The Morgan fingerprint density at radius 1 is 1.17 bits per heavy atom. The van der Waals surface area contributed by atoms with E-state index >= 15 is 0 Å². The van der Waals surface area contributed by atoms with E-state index in [1.165, 1.54) is 0 Å². The summed E-state index contributed by atoms with van der Waals surface area (Å²) < 4.78 is 0. The molecule has 0 fully saturated rings. The number of nitrogens with zero attached hydrogens (tertiary/aromatic N) is 3. The molecule has 0 unspecified atom stereocenters. The van der Waals surface area contributed by atoms with Crippen molar-refractivity contribution < 1.29 is 0 Å². The number of thiazole rings is 2. The molecule has 0 aliphatic carbocycles. The van der Waals surface area contributed by atoms with Crippen LogP contribution in [-0.4, -0.2) is 15.7 Å². The van der Waals surface area contributed by atoms with Gasteiger partial charge in [-0.15, -0.1) is 11.3 Å². The van der Waals surface area contributed by atoms with E-state index < -0.39 is 0 Å². The van der Waals surface area contributed by atoms with Crippen LogP contribution in [0, 0.1) is 13.8 Å². The molecular formula is C16H14Cl2N4S2. The fourth-order valence-corrected chi connectivity index (χ4v) is 4.23. The summed E-state index contributed by atoms with van der Waals surface area (Å²) >= 11 is 15.2. The molecule has 0 saturated carbocycles. The zero-order chi connectivity index (χ0) is 17.3. The van der Waals surface area contributed by atoms with E-state index in [-0.39, 0.29) is 0 Å². The minimum Gasteiger partial charge on any atom is -0.252 e. The summed E-state index contributed by atoms with van der Waals surface area (Å²) in [5.41, 5.74) is 5.73. The molecule has 3 rings (SSSR count). The number of rotatable bonds is 4.